The van der Waals surface area contributed by atoms with Crippen molar-refractivity contribution in [2.75, 3.05) is 6.61 Å². The molecule has 1 aromatic heterocycles. The molecule has 130 valence electrons. The maximum absolute atomic E-state index is 12.9. The zero-order chi connectivity index (χ0) is 18.4. The number of benzene rings is 2. The van der Waals surface area contributed by atoms with Gasteiger partial charge in [-0.2, -0.15) is 5.26 Å². The van der Waals surface area contributed by atoms with E-state index in [9.17, 15) is 9.18 Å². The number of carbonyl (C=O) groups excluding carboxylic acids is 1. The van der Waals surface area contributed by atoms with E-state index >= 15 is 0 Å². The van der Waals surface area contributed by atoms with Gasteiger partial charge in [-0.3, -0.25) is 0 Å². The lowest BCUT2D eigenvalue weighted by molar-refractivity contribution is -0.147. The number of aromatic nitrogens is 1. The number of esters is 1. The molecule has 0 radical (unpaired) electrons. The summed E-state index contributed by atoms with van der Waals surface area (Å²) in [6, 6.07) is 14.5. The van der Waals surface area contributed by atoms with Crippen LogP contribution in [0.5, 0.6) is 5.75 Å². The fourth-order valence-electron chi connectivity index (χ4n) is 2.06. The van der Waals surface area contributed by atoms with Crippen LogP contribution in [0.25, 0.3) is 10.6 Å². The molecule has 0 spiro atoms. The van der Waals surface area contributed by atoms with Crippen molar-refractivity contribution in [1.82, 2.24) is 4.98 Å². The summed E-state index contributed by atoms with van der Waals surface area (Å²) in [6.45, 7) is -0.200. The zero-order valence-corrected chi connectivity index (χ0v) is 14.3. The Labute approximate surface area is 153 Å². The van der Waals surface area contributed by atoms with E-state index in [-0.39, 0.29) is 19.0 Å². The second-order valence-corrected chi connectivity index (χ2v) is 6.09. The van der Waals surface area contributed by atoms with Crippen molar-refractivity contribution in [3.8, 4) is 22.4 Å². The van der Waals surface area contributed by atoms with E-state index in [1.807, 2.05) is 6.07 Å². The van der Waals surface area contributed by atoms with E-state index in [4.69, 9.17) is 14.7 Å². The lowest BCUT2D eigenvalue weighted by Crippen LogP contribution is -2.14. The number of halogens is 1. The minimum Gasteiger partial charge on any atom is -0.482 e. The largest absolute Gasteiger partial charge is 0.482 e. The third kappa shape index (κ3) is 4.65. The van der Waals surface area contributed by atoms with Gasteiger partial charge >= 0.3 is 5.97 Å². The lowest BCUT2D eigenvalue weighted by Gasteiger charge is -2.06. The number of hydrogen-bond acceptors (Lipinski definition) is 6. The number of ether oxygens (including phenoxy) is 2. The fraction of sp³-hybridized carbons (Fsp3) is 0.105. The number of rotatable bonds is 6. The Morgan fingerprint density at radius 2 is 1.88 bits per heavy atom. The van der Waals surface area contributed by atoms with Gasteiger partial charge in [-0.25, -0.2) is 14.2 Å². The van der Waals surface area contributed by atoms with Crippen LogP contribution in [-0.2, 0) is 16.1 Å². The van der Waals surface area contributed by atoms with Crippen LogP contribution in [0.1, 0.15) is 11.3 Å². The topological polar surface area (TPSA) is 72.2 Å². The average molecular weight is 368 g/mol. The van der Waals surface area contributed by atoms with Crippen LogP contribution >= 0.6 is 11.3 Å². The molecule has 1 heterocycles. The Bertz CT molecular complexity index is 931. The maximum atomic E-state index is 12.9. The maximum Gasteiger partial charge on any atom is 0.344 e. The van der Waals surface area contributed by atoms with Crippen LogP contribution in [0.4, 0.5) is 4.39 Å². The molecule has 0 N–H and O–H groups in total. The zero-order valence-electron chi connectivity index (χ0n) is 13.5. The van der Waals surface area contributed by atoms with E-state index in [2.05, 4.69) is 4.98 Å². The Balaban J connectivity index is 1.48. The summed E-state index contributed by atoms with van der Waals surface area (Å²) >= 11 is 1.39. The minimum atomic E-state index is -0.523. The van der Waals surface area contributed by atoms with Crippen molar-refractivity contribution < 1.29 is 18.7 Å². The van der Waals surface area contributed by atoms with Crippen molar-refractivity contribution >= 4 is 17.3 Å². The van der Waals surface area contributed by atoms with Crippen LogP contribution in [0, 0.1) is 17.1 Å². The van der Waals surface area contributed by atoms with Crippen molar-refractivity contribution in [3.63, 3.8) is 0 Å². The molecule has 3 aromatic rings. The smallest absolute Gasteiger partial charge is 0.344 e. The molecule has 0 aliphatic carbocycles. The van der Waals surface area contributed by atoms with Gasteiger partial charge in [0.2, 0.25) is 0 Å². The predicted octanol–water partition coefficient (Wildman–Crippen LogP) is 3.94. The summed E-state index contributed by atoms with van der Waals surface area (Å²) in [6.07, 6.45) is 0. The lowest BCUT2D eigenvalue weighted by atomic mass is 10.2. The quantitative estimate of drug-likeness (QED) is 0.616. The van der Waals surface area contributed by atoms with Gasteiger partial charge in [-0.1, -0.05) is 0 Å². The number of hydrogen-bond donors (Lipinski definition) is 0. The van der Waals surface area contributed by atoms with Gasteiger partial charge in [0.05, 0.1) is 17.3 Å². The highest BCUT2D eigenvalue weighted by molar-refractivity contribution is 7.13. The second-order valence-electron chi connectivity index (χ2n) is 5.24. The first-order valence-corrected chi connectivity index (χ1v) is 8.51. The van der Waals surface area contributed by atoms with Crippen molar-refractivity contribution in [2.24, 2.45) is 0 Å². The van der Waals surface area contributed by atoms with E-state index in [1.165, 1.54) is 23.5 Å². The molecule has 3 rings (SSSR count). The normalized spacial score (nSPS) is 10.2. The monoisotopic (exact) mass is 368 g/mol. The average Bonchev–Trinajstić information content (AvgIpc) is 3.14. The van der Waals surface area contributed by atoms with Crippen LogP contribution in [0.3, 0.4) is 0 Å². The Hall–Kier alpha value is -3.24. The second kappa shape index (κ2) is 8.23. The van der Waals surface area contributed by atoms with Crippen molar-refractivity contribution in [3.05, 3.63) is 71.0 Å². The van der Waals surface area contributed by atoms with E-state index in [0.29, 0.717) is 17.0 Å². The van der Waals surface area contributed by atoms with E-state index in [0.717, 1.165) is 10.6 Å². The molecule has 0 amide bonds. The van der Waals surface area contributed by atoms with E-state index in [1.54, 1.807) is 41.8 Å². The van der Waals surface area contributed by atoms with Gasteiger partial charge in [-0.15, -0.1) is 11.3 Å². The van der Waals surface area contributed by atoms with Gasteiger partial charge in [-0.05, 0) is 48.5 Å². The molecule has 7 heteroatoms. The summed E-state index contributed by atoms with van der Waals surface area (Å²) in [4.78, 5) is 16.1. The van der Waals surface area contributed by atoms with Gasteiger partial charge in [0.15, 0.2) is 6.61 Å². The third-order valence-electron chi connectivity index (χ3n) is 3.36. The van der Waals surface area contributed by atoms with E-state index < -0.39 is 5.97 Å². The van der Waals surface area contributed by atoms with Gasteiger partial charge in [0.25, 0.3) is 0 Å². The molecule has 0 aliphatic heterocycles. The molecule has 0 saturated carbocycles. The number of nitrogens with zero attached hydrogens (tertiary/aromatic N) is 2. The highest BCUT2D eigenvalue weighted by Gasteiger charge is 2.09. The summed E-state index contributed by atoms with van der Waals surface area (Å²) in [7, 11) is 0. The molecule has 0 saturated heterocycles. The Morgan fingerprint density at radius 1 is 1.15 bits per heavy atom. The molecule has 2 aromatic carbocycles. The first-order valence-electron chi connectivity index (χ1n) is 7.63. The van der Waals surface area contributed by atoms with Crippen molar-refractivity contribution in [2.45, 2.75) is 6.61 Å². The van der Waals surface area contributed by atoms with Gasteiger partial charge in [0, 0.05) is 10.9 Å². The number of carbonyl (C=O) groups is 1. The van der Waals surface area contributed by atoms with Crippen LogP contribution < -0.4 is 4.74 Å². The number of nitriles is 1. The summed E-state index contributed by atoms with van der Waals surface area (Å²) in [5, 5.41) is 11.2. The molecule has 0 atom stereocenters. The molecular formula is C19H13FN2O3S. The summed E-state index contributed by atoms with van der Waals surface area (Å²) < 4.78 is 23.4. The van der Waals surface area contributed by atoms with Gasteiger partial charge < -0.3 is 9.47 Å². The van der Waals surface area contributed by atoms with Crippen molar-refractivity contribution in [1.29, 1.82) is 5.26 Å². The molecule has 5 nitrogen and oxygen atoms in total. The number of thiazole rings is 1. The molecular weight excluding hydrogens is 355 g/mol. The first-order chi connectivity index (χ1) is 12.6. The summed E-state index contributed by atoms with van der Waals surface area (Å²) in [5.41, 5.74) is 1.93. The molecule has 0 fully saturated rings. The van der Waals surface area contributed by atoms with Crippen LogP contribution in [0.15, 0.2) is 53.9 Å². The molecule has 0 bridgehead atoms. The standard InChI is InChI=1S/C19H13FN2O3S/c20-15-5-3-14(4-6-15)19-22-16(12-26-19)10-25-18(23)11-24-17-7-1-13(9-21)2-8-17/h1-8,12H,10-11H2. The van der Waals surface area contributed by atoms with Crippen LogP contribution in [-0.4, -0.2) is 17.6 Å². The fourth-order valence-corrected chi connectivity index (χ4v) is 2.87. The predicted molar refractivity (Wildman–Crippen MR) is 94.0 cm³/mol. The highest BCUT2D eigenvalue weighted by atomic mass is 32.1. The minimum absolute atomic E-state index is 0.0350. The Morgan fingerprint density at radius 3 is 2.58 bits per heavy atom. The molecule has 26 heavy (non-hydrogen) atoms. The highest BCUT2D eigenvalue weighted by Crippen LogP contribution is 2.24. The molecule has 0 aliphatic rings. The first kappa shape index (κ1) is 17.6. The third-order valence-corrected chi connectivity index (χ3v) is 4.30. The molecule has 0 unspecified atom stereocenters. The summed E-state index contributed by atoms with van der Waals surface area (Å²) in [5.74, 6) is -0.347. The Kier molecular flexibility index (Phi) is 5.56. The van der Waals surface area contributed by atoms with Crippen LogP contribution in [0.2, 0.25) is 0 Å². The van der Waals surface area contributed by atoms with Gasteiger partial charge in [0.1, 0.15) is 23.2 Å². The SMILES string of the molecule is N#Cc1ccc(OCC(=O)OCc2csc(-c3ccc(F)cc3)n2)cc1.